The number of allylic oxidation sites excluding steroid dienone is 1. The van der Waals surface area contributed by atoms with Gasteiger partial charge in [0.1, 0.15) is 12.4 Å². The van der Waals surface area contributed by atoms with Crippen molar-refractivity contribution in [2.24, 2.45) is 0 Å². The Balaban J connectivity index is 1.51. The number of carbonyl (C=O) groups is 1. The van der Waals surface area contributed by atoms with Crippen LogP contribution in [0.3, 0.4) is 0 Å². The lowest BCUT2D eigenvalue weighted by Gasteiger charge is -2.09. The number of carbonyl (C=O) groups excluding carboxylic acids is 1. The van der Waals surface area contributed by atoms with Gasteiger partial charge in [-0.1, -0.05) is 65.3 Å². The van der Waals surface area contributed by atoms with E-state index in [9.17, 15) is 4.79 Å². The Morgan fingerprint density at radius 1 is 0.963 bits per heavy atom. The number of hydrogen-bond donors (Lipinski definition) is 0. The quantitative estimate of drug-likeness (QED) is 0.435. The first-order valence-corrected chi connectivity index (χ1v) is 9.87. The number of rotatable bonds is 4. The highest BCUT2D eigenvalue weighted by atomic mass is 35.5. The van der Waals surface area contributed by atoms with Crippen molar-refractivity contribution < 1.29 is 9.53 Å². The first-order valence-electron chi connectivity index (χ1n) is 8.30. The number of Topliss-reactive ketones (excluding diaryl/α,β-unsaturated/α-hetero) is 1. The lowest BCUT2D eigenvalue weighted by atomic mass is 10.1. The highest BCUT2D eigenvalue weighted by Gasteiger charge is 2.25. The number of thioether (sulfide) groups is 1. The summed E-state index contributed by atoms with van der Waals surface area (Å²) in [5.41, 5.74) is 2.54. The summed E-state index contributed by atoms with van der Waals surface area (Å²) < 4.78 is 5.86. The third-order valence-corrected chi connectivity index (χ3v) is 5.83. The molecule has 0 saturated heterocycles. The third-order valence-electron chi connectivity index (χ3n) is 4.14. The third kappa shape index (κ3) is 4.06. The van der Waals surface area contributed by atoms with Crippen LogP contribution in [-0.4, -0.2) is 5.78 Å². The van der Waals surface area contributed by atoms with Crippen molar-refractivity contribution in [3.05, 3.63) is 98.4 Å². The van der Waals surface area contributed by atoms with Crippen molar-refractivity contribution >= 4 is 46.8 Å². The Hall–Kier alpha value is -2.20. The van der Waals surface area contributed by atoms with Gasteiger partial charge in [-0.05, 0) is 48.0 Å². The molecule has 0 fully saturated rings. The smallest absolute Gasteiger partial charge is 0.200 e. The Labute approximate surface area is 171 Å². The molecule has 1 aliphatic heterocycles. The van der Waals surface area contributed by atoms with Crippen LogP contribution >= 0.6 is 35.0 Å². The number of ether oxygens (including phenoxy) is 1. The second-order valence-corrected chi connectivity index (χ2v) is 7.96. The molecule has 5 heteroatoms. The number of ketones is 1. The number of fused-ring (bicyclic) bond motifs is 1. The van der Waals surface area contributed by atoms with Crippen molar-refractivity contribution in [2.45, 2.75) is 11.5 Å². The van der Waals surface area contributed by atoms with Crippen LogP contribution in [0.1, 0.15) is 21.5 Å². The standard InChI is InChI=1S/C22H14Cl2O2S/c23-16-9-8-15(19(24)12-16)13-26-17-5-3-4-14(10-17)11-21-22(25)18-6-1-2-7-20(18)27-21/h1-12H,13H2/b21-11-. The van der Waals surface area contributed by atoms with E-state index in [-0.39, 0.29) is 5.78 Å². The van der Waals surface area contributed by atoms with Gasteiger partial charge in [-0.3, -0.25) is 4.79 Å². The largest absolute Gasteiger partial charge is 0.489 e. The maximum absolute atomic E-state index is 12.5. The predicted octanol–water partition coefficient (Wildman–Crippen LogP) is 6.90. The van der Waals surface area contributed by atoms with Crippen molar-refractivity contribution in [1.82, 2.24) is 0 Å². The van der Waals surface area contributed by atoms with E-state index in [4.69, 9.17) is 27.9 Å². The highest BCUT2D eigenvalue weighted by molar-refractivity contribution is 8.04. The Morgan fingerprint density at radius 3 is 2.63 bits per heavy atom. The predicted molar refractivity (Wildman–Crippen MR) is 112 cm³/mol. The molecule has 27 heavy (non-hydrogen) atoms. The summed E-state index contributed by atoms with van der Waals surface area (Å²) in [6.07, 6.45) is 1.90. The van der Waals surface area contributed by atoms with Crippen LogP contribution in [0.25, 0.3) is 6.08 Å². The second kappa shape index (κ2) is 7.81. The molecule has 2 nitrogen and oxygen atoms in total. The van der Waals surface area contributed by atoms with Crippen LogP contribution < -0.4 is 4.74 Å². The van der Waals surface area contributed by atoms with Gasteiger partial charge in [0, 0.05) is 26.1 Å². The van der Waals surface area contributed by atoms with Gasteiger partial charge in [0.2, 0.25) is 5.78 Å². The van der Waals surface area contributed by atoms with Crippen molar-refractivity contribution in [2.75, 3.05) is 0 Å². The van der Waals surface area contributed by atoms with Crippen molar-refractivity contribution in [3.8, 4) is 5.75 Å². The van der Waals surface area contributed by atoms with Crippen LogP contribution in [0.15, 0.2) is 76.5 Å². The molecular formula is C22H14Cl2O2S. The van der Waals surface area contributed by atoms with Crippen LogP contribution in [0.4, 0.5) is 0 Å². The topological polar surface area (TPSA) is 26.3 Å². The minimum absolute atomic E-state index is 0.0647. The number of halogens is 2. The van der Waals surface area contributed by atoms with Gasteiger partial charge < -0.3 is 4.74 Å². The molecule has 0 saturated carbocycles. The molecule has 1 heterocycles. The first-order chi connectivity index (χ1) is 13.1. The monoisotopic (exact) mass is 412 g/mol. The Bertz CT molecular complexity index is 1060. The summed E-state index contributed by atoms with van der Waals surface area (Å²) in [6, 6.07) is 20.6. The molecule has 0 amide bonds. The van der Waals surface area contributed by atoms with E-state index < -0.39 is 0 Å². The molecule has 0 bridgehead atoms. The fourth-order valence-electron chi connectivity index (χ4n) is 2.78. The zero-order chi connectivity index (χ0) is 18.8. The van der Waals surface area contributed by atoms with Gasteiger partial charge in [-0.25, -0.2) is 0 Å². The summed E-state index contributed by atoms with van der Waals surface area (Å²) in [5, 5.41) is 1.17. The normalized spacial score (nSPS) is 14.4. The van der Waals surface area contributed by atoms with E-state index in [0.717, 1.165) is 21.6 Å². The average Bonchev–Trinajstić information content (AvgIpc) is 2.97. The zero-order valence-electron chi connectivity index (χ0n) is 14.1. The van der Waals surface area contributed by atoms with Crippen LogP contribution in [0.5, 0.6) is 5.75 Å². The van der Waals surface area contributed by atoms with E-state index >= 15 is 0 Å². The van der Waals surface area contributed by atoms with E-state index in [1.54, 1.807) is 12.1 Å². The van der Waals surface area contributed by atoms with Crippen molar-refractivity contribution in [3.63, 3.8) is 0 Å². The summed E-state index contributed by atoms with van der Waals surface area (Å²) in [5.74, 6) is 0.776. The van der Waals surface area contributed by atoms with E-state index in [2.05, 4.69) is 0 Å². The fourth-order valence-corrected chi connectivity index (χ4v) is 4.30. The molecule has 0 unspecified atom stereocenters. The molecule has 0 spiro atoms. The molecular weight excluding hydrogens is 399 g/mol. The van der Waals surface area contributed by atoms with Gasteiger partial charge in [-0.2, -0.15) is 0 Å². The second-order valence-electron chi connectivity index (χ2n) is 6.03. The van der Waals surface area contributed by atoms with Gasteiger partial charge in [0.15, 0.2) is 0 Å². The van der Waals surface area contributed by atoms with Gasteiger partial charge >= 0.3 is 0 Å². The minimum atomic E-state index is 0.0647. The number of benzene rings is 3. The zero-order valence-corrected chi connectivity index (χ0v) is 16.4. The van der Waals surface area contributed by atoms with Crippen molar-refractivity contribution in [1.29, 1.82) is 0 Å². The SMILES string of the molecule is O=C1/C(=C/c2cccc(OCc3ccc(Cl)cc3Cl)c2)Sc2ccccc21. The van der Waals surface area contributed by atoms with Crippen LogP contribution in [0, 0.1) is 0 Å². The van der Waals surface area contributed by atoms with Gasteiger partial charge in [-0.15, -0.1) is 0 Å². The van der Waals surface area contributed by atoms with E-state index in [0.29, 0.717) is 27.3 Å². The molecule has 134 valence electrons. The van der Waals surface area contributed by atoms with Gasteiger partial charge in [0.05, 0.1) is 4.91 Å². The molecule has 0 atom stereocenters. The summed E-state index contributed by atoms with van der Waals surface area (Å²) >= 11 is 13.6. The number of hydrogen-bond acceptors (Lipinski definition) is 3. The van der Waals surface area contributed by atoms with Gasteiger partial charge in [0.25, 0.3) is 0 Å². The molecule has 0 aromatic heterocycles. The Kier molecular flexibility index (Phi) is 5.26. The van der Waals surface area contributed by atoms with E-state index in [1.165, 1.54) is 11.8 Å². The fraction of sp³-hybridized carbons (Fsp3) is 0.0455. The molecule has 0 N–H and O–H groups in total. The summed E-state index contributed by atoms with van der Waals surface area (Å²) in [6.45, 7) is 0.342. The summed E-state index contributed by atoms with van der Waals surface area (Å²) in [4.78, 5) is 14.2. The molecule has 0 aliphatic carbocycles. The lowest BCUT2D eigenvalue weighted by molar-refractivity contribution is 0.104. The Morgan fingerprint density at radius 2 is 1.81 bits per heavy atom. The average molecular weight is 413 g/mol. The maximum atomic E-state index is 12.5. The lowest BCUT2D eigenvalue weighted by Crippen LogP contribution is -1.97. The first kappa shape index (κ1) is 18.2. The molecule has 1 aliphatic rings. The summed E-state index contributed by atoms with van der Waals surface area (Å²) in [7, 11) is 0. The van der Waals surface area contributed by atoms with E-state index in [1.807, 2.05) is 60.7 Å². The highest BCUT2D eigenvalue weighted by Crippen LogP contribution is 2.40. The minimum Gasteiger partial charge on any atom is -0.489 e. The maximum Gasteiger partial charge on any atom is 0.200 e. The van der Waals surface area contributed by atoms with Crippen LogP contribution in [0.2, 0.25) is 10.0 Å². The molecule has 3 aromatic carbocycles. The van der Waals surface area contributed by atoms with Crippen LogP contribution in [-0.2, 0) is 6.61 Å². The molecule has 3 aromatic rings. The molecule has 4 rings (SSSR count). The molecule has 0 radical (unpaired) electrons.